The van der Waals surface area contributed by atoms with Crippen LogP contribution >= 0.6 is 12.2 Å². The van der Waals surface area contributed by atoms with E-state index in [1.165, 1.54) is 0 Å². The fourth-order valence-electron chi connectivity index (χ4n) is 2.99. The fourth-order valence-corrected chi connectivity index (χ4v) is 3.20. The molecule has 146 valence electrons. The third-order valence-electron chi connectivity index (χ3n) is 4.44. The van der Waals surface area contributed by atoms with Crippen LogP contribution in [0.2, 0.25) is 0 Å². The number of anilines is 2. The number of nitrogens with zero attached hydrogens (tertiary/aromatic N) is 2. The molecule has 1 heterocycles. The molecule has 7 heteroatoms. The van der Waals surface area contributed by atoms with Crippen molar-refractivity contribution < 1.29 is 9.47 Å². The summed E-state index contributed by atoms with van der Waals surface area (Å²) in [4.78, 5) is 0. The van der Waals surface area contributed by atoms with E-state index in [4.69, 9.17) is 21.7 Å². The van der Waals surface area contributed by atoms with Gasteiger partial charge in [0.25, 0.3) is 0 Å². The van der Waals surface area contributed by atoms with Crippen LogP contribution in [0.3, 0.4) is 0 Å². The fraction of sp³-hybridized carbons (Fsp3) is 0.238. The zero-order valence-corrected chi connectivity index (χ0v) is 17.3. The Morgan fingerprint density at radius 1 is 1.04 bits per heavy atom. The summed E-state index contributed by atoms with van der Waals surface area (Å²) in [5, 5.41) is 11.6. The summed E-state index contributed by atoms with van der Waals surface area (Å²) in [6.45, 7) is 4.63. The number of aryl methyl sites for hydroxylation is 1. The van der Waals surface area contributed by atoms with Crippen LogP contribution in [0.5, 0.6) is 11.5 Å². The van der Waals surface area contributed by atoms with Crippen LogP contribution in [0.25, 0.3) is 0 Å². The van der Waals surface area contributed by atoms with Gasteiger partial charge in [-0.2, -0.15) is 5.10 Å². The third-order valence-corrected chi connectivity index (χ3v) is 4.65. The van der Waals surface area contributed by atoms with Crippen LogP contribution in [0.4, 0.5) is 11.4 Å². The van der Waals surface area contributed by atoms with E-state index in [0.717, 1.165) is 39.8 Å². The molecule has 2 aromatic carbocycles. The van der Waals surface area contributed by atoms with Gasteiger partial charge in [0, 0.05) is 0 Å². The summed E-state index contributed by atoms with van der Waals surface area (Å²) in [6.07, 6.45) is 0. The Morgan fingerprint density at radius 2 is 1.82 bits per heavy atom. The zero-order chi connectivity index (χ0) is 20.1. The van der Waals surface area contributed by atoms with Crippen LogP contribution in [-0.4, -0.2) is 29.1 Å². The lowest BCUT2D eigenvalue weighted by Crippen LogP contribution is -2.20. The lowest BCUT2D eigenvalue weighted by atomic mass is 10.2. The van der Waals surface area contributed by atoms with Crippen molar-refractivity contribution in [1.82, 2.24) is 9.78 Å². The Hall–Kier alpha value is -3.06. The molecule has 0 spiro atoms. The topological polar surface area (TPSA) is 60.3 Å². The Morgan fingerprint density at radius 3 is 2.57 bits per heavy atom. The maximum Gasteiger partial charge on any atom is 0.175 e. The largest absolute Gasteiger partial charge is 0.497 e. The molecule has 0 saturated heterocycles. The molecule has 0 aliphatic rings. The van der Waals surface area contributed by atoms with Crippen LogP contribution < -0.4 is 20.1 Å². The van der Waals surface area contributed by atoms with Crippen molar-refractivity contribution in [2.24, 2.45) is 0 Å². The normalized spacial score (nSPS) is 10.4. The summed E-state index contributed by atoms with van der Waals surface area (Å²) >= 11 is 5.49. The van der Waals surface area contributed by atoms with Gasteiger partial charge < -0.3 is 20.1 Å². The molecule has 0 bridgehead atoms. The maximum absolute atomic E-state index is 5.49. The number of para-hydroxylation sites is 2. The molecular weight excluding hydrogens is 372 g/mol. The Bertz CT molecular complexity index is 984. The number of aromatic nitrogens is 2. The number of rotatable bonds is 6. The molecule has 6 nitrogen and oxygen atoms in total. The second-order valence-electron chi connectivity index (χ2n) is 6.33. The first-order valence-electron chi connectivity index (χ1n) is 8.89. The van der Waals surface area contributed by atoms with Gasteiger partial charge in [-0.3, -0.25) is 4.68 Å². The highest BCUT2D eigenvalue weighted by molar-refractivity contribution is 7.80. The van der Waals surface area contributed by atoms with Gasteiger partial charge in [-0.1, -0.05) is 24.3 Å². The number of ether oxygens (including phenoxy) is 2. The van der Waals surface area contributed by atoms with Crippen molar-refractivity contribution in [2.45, 2.75) is 20.4 Å². The SMILES string of the molecule is COc1cccc(Cn2nc(C)c(NC(=S)Nc3ccccc3OC)c2C)c1. The maximum atomic E-state index is 5.49. The minimum atomic E-state index is 0.483. The number of methoxy groups -OCH3 is 2. The van der Waals surface area contributed by atoms with E-state index < -0.39 is 0 Å². The van der Waals surface area contributed by atoms with E-state index in [9.17, 15) is 0 Å². The minimum absolute atomic E-state index is 0.483. The van der Waals surface area contributed by atoms with Gasteiger partial charge in [-0.25, -0.2) is 0 Å². The van der Waals surface area contributed by atoms with Gasteiger partial charge in [-0.05, 0) is 55.9 Å². The molecule has 0 aliphatic carbocycles. The summed E-state index contributed by atoms with van der Waals surface area (Å²) in [6, 6.07) is 15.6. The lowest BCUT2D eigenvalue weighted by Gasteiger charge is -2.13. The highest BCUT2D eigenvalue weighted by Crippen LogP contribution is 2.25. The molecule has 0 unspecified atom stereocenters. The van der Waals surface area contributed by atoms with Crippen LogP contribution in [0, 0.1) is 13.8 Å². The first kappa shape index (κ1) is 19.7. The van der Waals surface area contributed by atoms with Crippen molar-refractivity contribution in [3.8, 4) is 11.5 Å². The van der Waals surface area contributed by atoms with Gasteiger partial charge >= 0.3 is 0 Å². The summed E-state index contributed by atoms with van der Waals surface area (Å²) in [5.41, 5.74) is 4.71. The van der Waals surface area contributed by atoms with Crippen LogP contribution in [0.1, 0.15) is 17.0 Å². The van der Waals surface area contributed by atoms with Crippen molar-refractivity contribution in [1.29, 1.82) is 0 Å². The molecule has 0 atom stereocenters. The van der Waals surface area contributed by atoms with E-state index in [1.54, 1.807) is 14.2 Å². The highest BCUT2D eigenvalue weighted by Gasteiger charge is 2.14. The highest BCUT2D eigenvalue weighted by atomic mass is 32.1. The van der Waals surface area contributed by atoms with Crippen molar-refractivity contribution >= 4 is 28.7 Å². The molecular formula is C21H24N4O2S. The van der Waals surface area contributed by atoms with E-state index >= 15 is 0 Å². The van der Waals surface area contributed by atoms with E-state index in [1.807, 2.05) is 61.0 Å². The quantitative estimate of drug-likeness (QED) is 0.603. The minimum Gasteiger partial charge on any atom is -0.497 e. The van der Waals surface area contributed by atoms with Crippen molar-refractivity contribution in [3.05, 3.63) is 65.5 Å². The molecule has 1 aromatic heterocycles. The molecule has 3 rings (SSSR count). The van der Waals surface area contributed by atoms with Gasteiger partial charge in [0.2, 0.25) is 0 Å². The number of benzene rings is 2. The number of hydrogen-bond acceptors (Lipinski definition) is 4. The Kier molecular flexibility index (Phi) is 6.16. The Labute approximate surface area is 170 Å². The number of nitrogens with one attached hydrogen (secondary N) is 2. The monoisotopic (exact) mass is 396 g/mol. The Balaban J connectivity index is 1.75. The van der Waals surface area contributed by atoms with Crippen molar-refractivity contribution in [3.63, 3.8) is 0 Å². The molecule has 28 heavy (non-hydrogen) atoms. The summed E-state index contributed by atoms with van der Waals surface area (Å²) < 4.78 is 12.6. The molecule has 2 N–H and O–H groups in total. The molecule has 3 aromatic rings. The molecule has 0 fully saturated rings. The first-order valence-corrected chi connectivity index (χ1v) is 9.30. The first-order chi connectivity index (χ1) is 13.5. The predicted octanol–water partition coefficient (Wildman–Crippen LogP) is 4.37. The van der Waals surface area contributed by atoms with Crippen LogP contribution in [-0.2, 0) is 6.54 Å². The number of thiocarbonyl (C=S) groups is 1. The van der Waals surface area contributed by atoms with Crippen molar-refractivity contribution in [2.75, 3.05) is 24.9 Å². The summed E-state index contributed by atoms with van der Waals surface area (Å²) in [7, 11) is 3.30. The second kappa shape index (κ2) is 8.75. The zero-order valence-electron chi connectivity index (χ0n) is 16.4. The molecule has 0 radical (unpaired) electrons. The standard InChI is InChI=1S/C21H24N4O2S/c1-14-20(23-21(28)22-18-10-5-6-11-19(18)27-4)15(2)25(24-14)13-16-8-7-9-17(12-16)26-3/h5-12H,13H2,1-4H3,(H2,22,23,28). The number of hydrogen-bond donors (Lipinski definition) is 2. The average Bonchev–Trinajstić information content (AvgIpc) is 2.96. The molecule has 0 amide bonds. The average molecular weight is 397 g/mol. The molecule has 0 saturated carbocycles. The predicted molar refractivity (Wildman–Crippen MR) is 117 cm³/mol. The lowest BCUT2D eigenvalue weighted by molar-refractivity contribution is 0.414. The third kappa shape index (κ3) is 4.43. The van der Waals surface area contributed by atoms with E-state index in [2.05, 4.69) is 21.8 Å². The van der Waals surface area contributed by atoms with E-state index in [0.29, 0.717) is 11.7 Å². The molecule has 0 aliphatic heterocycles. The summed E-state index contributed by atoms with van der Waals surface area (Å²) in [5.74, 6) is 1.56. The van der Waals surface area contributed by atoms with E-state index in [-0.39, 0.29) is 0 Å². The van der Waals surface area contributed by atoms with Gasteiger partial charge in [-0.15, -0.1) is 0 Å². The van der Waals surface area contributed by atoms with Gasteiger partial charge in [0.1, 0.15) is 11.5 Å². The second-order valence-corrected chi connectivity index (χ2v) is 6.74. The van der Waals surface area contributed by atoms with Gasteiger partial charge in [0.15, 0.2) is 5.11 Å². The smallest absolute Gasteiger partial charge is 0.175 e. The van der Waals surface area contributed by atoms with Gasteiger partial charge in [0.05, 0.1) is 43.5 Å². The van der Waals surface area contributed by atoms with Crippen LogP contribution in [0.15, 0.2) is 48.5 Å².